The van der Waals surface area contributed by atoms with Gasteiger partial charge in [-0.2, -0.15) is 0 Å². The number of nitrogens with one attached hydrogen (secondary N) is 1. The largest absolute Gasteiger partial charge is 0.370 e. The highest BCUT2D eigenvalue weighted by Crippen LogP contribution is 2.14. The number of nitrogens with zero attached hydrogens (tertiary/aromatic N) is 2. The molecule has 0 aliphatic carbocycles. The molecule has 0 aromatic carbocycles. The standard InChI is InChI=1S/C12H16N4OS/c1-8-6-9-11(14-7-8)16(12(18)15-9)5-3-2-4-10(13)17/h6-7H,2-5H2,1H3,(H2,13,17)(H,15,18). The van der Waals surface area contributed by atoms with Gasteiger partial charge in [-0.25, -0.2) is 4.98 Å². The number of fused-ring (bicyclic) bond motifs is 1. The van der Waals surface area contributed by atoms with Gasteiger partial charge in [0.25, 0.3) is 0 Å². The number of unbranched alkanes of at least 4 members (excludes halogenated alkanes) is 1. The van der Waals surface area contributed by atoms with Crippen LogP contribution in [0.15, 0.2) is 12.3 Å². The van der Waals surface area contributed by atoms with Crippen molar-refractivity contribution in [1.29, 1.82) is 0 Å². The summed E-state index contributed by atoms with van der Waals surface area (Å²) in [6.45, 7) is 2.75. The number of primary amides is 1. The van der Waals surface area contributed by atoms with Crippen LogP contribution in [0.25, 0.3) is 11.2 Å². The van der Waals surface area contributed by atoms with Crippen LogP contribution >= 0.6 is 12.2 Å². The van der Waals surface area contributed by atoms with E-state index < -0.39 is 0 Å². The number of aromatic nitrogens is 3. The molecule has 0 bridgehead atoms. The zero-order valence-electron chi connectivity index (χ0n) is 10.3. The van der Waals surface area contributed by atoms with Crippen LogP contribution in [0, 0.1) is 11.7 Å². The predicted molar refractivity (Wildman–Crippen MR) is 72.7 cm³/mol. The maximum absolute atomic E-state index is 10.7. The summed E-state index contributed by atoms with van der Waals surface area (Å²) >= 11 is 5.27. The van der Waals surface area contributed by atoms with E-state index in [0.717, 1.165) is 36.1 Å². The number of carbonyl (C=O) groups excluding carboxylic acids is 1. The SMILES string of the molecule is Cc1cnc2c(c1)[nH]c(=S)n2CCCCC(N)=O. The lowest BCUT2D eigenvalue weighted by atomic mass is 10.2. The fourth-order valence-corrected chi connectivity index (χ4v) is 2.21. The van der Waals surface area contributed by atoms with E-state index in [4.69, 9.17) is 18.0 Å². The fourth-order valence-electron chi connectivity index (χ4n) is 1.92. The average molecular weight is 264 g/mol. The molecule has 0 atom stereocenters. The number of carbonyl (C=O) groups is 1. The van der Waals surface area contributed by atoms with E-state index in [1.54, 1.807) is 0 Å². The number of amides is 1. The Balaban J connectivity index is 2.15. The van der Waals surface area contributed by atoms with Crippen molar-refractivity contribution in [3.63, 3.8) is 0 Å². The van der Waals surface area contributed by atoms with Crippen LogP contribution in [0.1, 0.15) is 24.8 Å². The maximum atomic E-state index is 10.7. The molecule has 2 rings (SSSR count). The second-order valence-corrected chi connectivity index (χ2v) is 4.78. The highest BCUT2D eigenvalue weighted by atomic mass is 32.1. The van der Waals surface area contributed by atoms with E-state index in [1.807, 2.05) is 23.8 Å². The minimum absolute atomic E-state index is 0.258. The molecule has 1 amide bonds. The second-order valence-electron chi connectivity index (χ2n) is 4.39. The smallest absolute Gasteiger partial charge is 0.217 e. The van der Waals surface area contributed by atoms with Gasteiger partial charge in [0.05, 0.1) is 5.52 Å². The summed E-state index contributed by atoms with van der Waals surface area (Å²) in [5, 5.41) is 0. The number of imidazole rings is 1. The Morgan fingerprint density at radius 1 is 1.56 bits per heavy atom. The number of nitrogens with two attached hydrogens (primary N) is 1. The first-order chi connectivity index (χ1) is 8.58. The van der Waals surface area contributed by atoms with Crippen molar-refractivity contribution in [3.8, 4) is 0 Å². The molecule has 3 N–H and O–H groups in total. The molecule has 0 aliphatic heterocycles. The van der Waals surface area contributed by atoms with E-state index >= 15 is 0 Å². The van der Waals surface area contributed by atoms with Crippen molar-refractivity contribution in [1.82, 2.24) is 14.5 Å². The summed E-state index contributed by atoms with van der Waals surface area (Å²) in [4.78, 5) is 18.2. The summed E-state index contributed by atoms with van der Waals surface area (Å²) in [6, 6.07) is 2.03. The Bertz CT molecular complexity index is 629. The third kappa shape index (κ3) is 2.76. The predicted octanol–water partition coefficient (Wildman–Crippen LogP) is 2.06. The van der Waals surface area contributed by atoms with Crippen molar-refractivity contribution in [2.75, 3.05) is 0 Å². The quantitative estimate of drug-likeness (QED) is 0.641. The molecule has 0 saturated heterocycles. The van der Waals surface area contributed by atoms with E-state index in [0.29, 0.717) is 11.2 Å². The fraction of sp³-hybridized carbons (Fsp3) is 0.417. The Morgan fingerprint density at radius 3 is 3.06 bits per heavy atom. The van der Waals surface area contributed by atoms with Gasteiger partial charge in [-0.1, -0.05) is 0 Å². The van der Waals surface area contributed by atoms with Crippen LogP contribution in [0.3, 0.4) is 0 Å². The molecule has 6 heteroatoms. The van der Waals surface area contributed by atoms with Crippen molar-refractivity contribution in [3.05, 3.63) is 22.6 Å². The third-order valence-corrected chi connectivity index (χ3v) is 3.12. The molecular weight excluding hydrogens is 248 g/mol. The Hall–Kier alpha value is -1.69. The minimum atomic E-state index is -0.258. The van der Waals surface area contributed by atoms with Gasteiger partial charge in [-0.15, -0.1) is 0 Å². The molecule has 2 aromatic rings. The molecule has 0 saturated carbocycles. The highest BCUT2D eigenvalue weighted by molar-refractivity contribution is 7.71. The summed E-state index contributed by atoms with van der Waals surface area (Å²) in [7, 11) is 0. The maximum Gasteiger partial charge on any atom is 0.217 e. The number of aryl methyl sites for hydroxylation is 2. The lowest BCUT2D eigenvalue weighted by Gasteiger charge is -2.03. The highest BCUT2D eigenvalue weighted by Gasteiger charge is 2.05. The zero-order chi connectivity index (χ0) is 13.1. The molecule has 2 aromatic heterocycles. The second kappa shape index (κ2) is 5.30. The molecular formula is C12H16N4OS. The van der Waals surface area contributed by atoms with Crippen LogP contribution < -0.4 is 5.73 Å². The number of pyridine rings is 1. The summed E-state index contributed by atoms with van der Waals surface area (Å²) in [5.41, 5.74) is 8.02. The average Bonchev–Trinajstić information content (AvgIpc) is 2.59. The number of rotatable bonds is 5. The van der Waals surface area contributed by atoms with E-state index in [-0.39, 0.29) is 5.91 Å². The number of aromatic amines is 1. The topological polar surface area (TPSA) is 76.7 Å². The molecule has 5 nitrogen and oxygen atoms in total. The van der Waals surface area contributed by atoms with Gasteiger partial charge in [-0.05, 0) is 43.6 Å². The molecule has 0 fully saturated rings. The zero-order valence-corrected chi connectivity index (χ0v) is 11.1. The normalized spacial score (nSPS) is 10.9. The summed E-state index contributed by atoms with van der Waals surface area (Å²) < 4.78 is 2.63. The minimum Gasteiger partial charge on any atom is -0.370 e. The molecule has 18 heavy (non-hydrogen) atoms. The van der Waals surface area contributed by atoms with Crippen molar-refractivity contribution >= 4 is 29.3 Å². The first-order valence-corrected chi connectivity index (χ1v) is 6.32. The van der Waals surface area contributed by atoms with E-state index in [1.165, 1.54) is 0 Å². The molecule has 0 spiro atoms. The van der Waals surface area contributed by atoms with Gasteiger partial charge in [0.15, 0.2) is 10.4 Å². The molecule has 0 unspecified atom stereocenters. The first-order valence-electron chi connectivity index (χ1n) is 5.91. The summed E-state index contributed by atoms with van der Waals surface area (Å²) in [6.07, 6.45) is 3.88. The Morgan fingerprint density at radius 2 is 2.33 bits per heavy atom. The van der Waals surface area contributed by atoms with Gasteiger partial charge < -0.3 is 15.3 Å². The van der Waals surface area contributed by atoms with Crippen LogP contribution in [-0.4, -0.2) is 20.4 Å². The van der Waals surface area contributed by atoms with Gasteiger partial charge in [0, 0.05) is 19.2 Å². The van der Waals surface area contributed by atoms with Gasteiger partial charge in [-0.3, -0.25) is 4.79 Å². The lowest BCUT2D eigenvalue weighted by molar-refractivity contribution is -0.118. The lowest BCUT2D eigenvalue weighted by Crippen LogP contribution is -2.10. The molecule has 0 aliphatic rings. The van der Waals surface area contributed by atoms with Crippen LogP contribution in [0.4, 0.5) is 0 Å². The van der Waals surface area contributed by atoms with Crippen molar-refractivity contribution in [2.45, 2.75) is 32.7 Å². The van der Waals surface area contributed by atoms with Gasteiger partial charge in [0.1, 0.15) is 0 Å². The summed E-state index contributed by atoms with van der Waals surface area (Å²) in [5.74, 6) is -0.258. The van der Waals surface area contributed by atoms with Gasteiger partial charge in [0.2, 0.25) is 5.91 Å². The molecule has 2 heterocycles. The number of hydrogen-bond acceptors (Lipinski definition) is 3. The van der Waals surface area contributed by atoms with Crippen molar-refractivity contribution in [2.24, 2.45) is 5.73 Å². The monoisotopic (exact) mass is 264 g/mol. The molecule has 96 valence electrons. The number of H-pyrrole nitrogens is 1. The van der Waals surface area contributed by atoms with Crippen LogP contribution in [-0.2, 0) is 11.3 Å². The first kappa shape index (κ1) is 12.8. The van der Waals surface area contributed by atoms with E-state index in [2.05, 4.69) is 9.97 Å². The van der Waals surface area contributed by atoms with E-state index in [9.17, 15) is 4.79 Å². The Kier molecular flexibility index (Phi) is 3.76. The van der Waals surface area contributed by atoms with Crippen LogP contribution in [0.5, 0.6) is 0 Å². The Labute approximate surface area is 110 Å². The third-order valence-electron chi connectivity index (χ3n) is 2.80. The molecule has 0 radical (unpaired) electrons. The van der Waals surface area contributed by atoms with Crippen molar-refractivity contribution < 1.29 is 4.79 Å². The van der Waals surface area contributed by atoms with Gasteiger partial charge >= 0.3 is 0 Å². The van der Waals surface area contributed by atoms with Crippen LogP contribution in [0.2, 0.25) is 0 Å². The number of hydrogen-bond donors (Lipinski definition) is 2.